The third-order valence-electron chi connectivity index (χ3n) is 6.88. The Morgan fingerprint density at radius 2 is 1.69 bits per heavy atom. The van der Waals surface area contributed by atoms with Gasteiger partial charge >= 0.3 is 0 Å². The summed E-state index contributed by atoms with van der Waals surface area (Å²) >= 11 is 0. The molecule has 1 atom stereocenters. The molecular weight excluding hydrogens is 402 g/mol. The van der Waals surface area contributed by atoms with Crippen LogP contribution in [0.25, 0.3) is 11.5 Å². The first-order valence-electron chi connectivity index (χ1n) is 11.2. The van der Waals surface area contributed by atoms with Gasteiger partial charge in [0, 0.05) is 17.9 Å². The maximum Gasteiger partial charge on any atom is 0.247 e. The number of likely N-dealkylation sites (tertiary alicyclic amines) is 1. The monoisotopic (exact) mass is 427 g/mol. The minimum Gasteiger partial charge on any atom is -0.420 e. The van der Waals surface area contributed by atoms with Gasteiger partial charge in [0.25, 0.3) is 0 Å². The van der Waals surface area contributed by atoms with Crippen LogP contribution in [-0.2, 0) is 13.0 Å². The average molecular weight is 428 g/mol. The van der Waals surface area contributed by atoms with Crippen LogP contribution in [0.2, 0.25) is 0 Å². The topological polar surface area (TPSA) is 81.1 Å². The maximum absolute atomic E-state index is 6.03. The molecule has 1 spiro atoms. The first kappa shape index (κ1) is 19.4. The van der Waals surface area contributed by atoms with Gasteiger partial charge in [-0.3, -0.25) is 4.90 Å². The SMILES string of the molecule is c1ccc(Cc2noc(CN3CCC4(CC3)C[C@@H]4c3nnc(-c4ccccc4)o3)n2)cc1. The predicted molar refractivity (Wildman–Crippen MR) is 118 cm³/mol. The molecule has 1 aliphatic carbocycles. The molecule has 2 aliphatic rings. The van der Waals surface area contributed by atoms with Crippen molar-refractivity contribution in [2.24, 2.45) is 5.41 Å². The Balaban J connectivity index is 1.04. The van der Waals surface area contributed by atoms with Crippen LogP contribution in [0, 0.1) is 5.41 Å². The van der Waals surface area contributed by atoms with Crippen molar-refractivity contribution in [3.63, 3.8) is 0 Å². The fourth-order valence-corrected chi connectivity index (χ4v) is 4.87. The lowest BCUT2D eigenvalue weighted by atomic mass is 9.91. The first-order valence-corrected chi connectivity index (χ1v) is 11.2. The zero-order valence-electron chi connectivity index (χ0n) is 17.9. The quantitative estimate of drug-likeness (QED) is 0.449. The van der Waals surface area contributed by atoms with Crippen LogP contribution in [0.3, 0.4) is 0 Å². The standard InChI is InChI=1S/C25H25N5O2/c1-3-7-18(8-4-1)15-21-26-22(32-29-21)17-30-13-11-25(12-14-30)16-20(25)24-28-27-23(31-24)19-9-5-2-6-10-19/h1-10,20H,11-17H2/t20-/m1/s1. The van der Waals surface area contributed by atoms with E-state index in [-0.39, 0.29) is 0 Å². The molecule has 2 aromatic carbocycles. The molecule has 0 radical (unpaired) electrons. The molecule has 1 saturated heterocycles. The molecule has 7 nitrogen and oxygen atoms in total. The lowest BCUT2D eigenvalue weighted by Gasteiger charge is -2.31. The minimum atomic E-state index is 0.310. The van der Waals surface area contributed by atoms with Crippen molar-refractivity contribution < 1.29 is 8.94 Å². The van der Waals surface area contributed by atoms with Crippen LogP contribution in [0.15, 0.2) is 69.6 Å². The van der Waals surface area contributed by atoms with Gasteiger partial charge in [-0.1, -0.05) is 53.7 Å². The maximum atomic E-state index is 6.03. The van der Waals surface area contributed by atoms with Gasteiger partial charge in [0.05, 0.1) is 6.54 Å². The Morgan fingerprint density at radius 3 is 2.47 bits per heavy atom. The van der Waals surface area contributed by atoms with Crippen molar-refractivity contribution in [1.82, 2.24) is 25.2 Å². The second-order valence-electron chi connectivity index (χ2n) is 8.97. The molecule has 3 heterocycles. The molecule has 32 heavy (non-hydrogen) atoms. The van der Waals surface area contributed by atoms with Gasteiger partial charge in [-0.05, 0) is 55.5 Å². The number of rotatable bonds is 6. The van der Waals surface area contributed by atoms with E-state index >= 15 is 0 Å². The molecule has 0 bridgehead atoms. The zero-order chi connectivity index (χ0) is 21.4. The van der Waals surface area contributed by atoms with Crippen LogP contribution in [0.1, 0.15) is 48.3 Å². The van der Waals surface area contributed by atoms with Crippen molar-refractivity contribution in [3.05, 3.63) is 83.8 Å². The van der Waals surface area contributed by atoms with Gasteiger partial charge in [-0.2, -0.15) is 4.98 Å². The summed E-state index contributed by atoms with van der Waals surface area (Å²) in [4.78, 5) is 7.00. The molecular formula is C25H25N5O2. The third kappa shape index (κ3) is 3.84. The van der Waals surface area contributed by atoms with Crippen LogP contribution in [0.4, 0.5) is 0 Å². The number of benzene rings is 2. The summed E-state index contributed by atoms with van der Waals surface area (Å²) in [5.41, 5.74) is 2.47. The summed E-state index contributed by atoms with van der Waals surface area (Å²) in [5, 5.41) is 12.8. The van der Waals surface area contributed by atoms with E-state index in [2.05, 4.69) is 37.4 Å². The van der Waals surface area contributed by atoms with E-state index in [4.69, 9.17) is 8.94 Å². The molecule has 2 aromatic heterocycles. The molecule has 2 fully saturated rings. The van der Waals surface area contributed by atoms with E-state index in [1.165, 1.54) is 5.56 Å². The fourth-order valence-electron chi connectivity index (χ4n) is 4.87. The summed E-state index contributed by atoms with van der Waals surface area (Å²) in [6, 6.07) is 20.2. The molecule has 0 unspecified atom stereocenters. The second kappa shape index (κ2) is 7.98. The summed E-state index contributed by atoms with van der Waals surface area (Å²) in [5.74, 6) is 3.23. The van der Waals surface area contributed by atoms with Gasteiger partial charge < -0.3 is 8.94 Å². The highest BCUT2D eigenvalue weighted by molar-refractivity contribution is 5.51. The van der Waals surface area contributed by atoms with Gasteiger partial charge in [-0.25, -0.2) is 0 Å². The molecule has 0 amide bonds. The van der Waals surface area contributed by atoms with Crippen LogP contribution in [-0.4, -0.2) is 38.3 Å². The predicted octanol–water partition coefficient (Wildman–Crippen LogP) is 4.48. The van der Waals surface area contributed by atoms with E-state index in [1.807, 2.05) is 48.5 Å². The number of hydrogen-bond acceptors (Lipinski definition) is 7. The Hall–Kier alpha value is -3.32. The molecule has 7 heteroatoms. The third-order valence-corrected chi connectivity index (χ3v) is 6.88. The number of hydrogen-bond donors (Lipinski definition) is 0. The lowest BCUT2D eigenvalue weighted by molar-refractivity contribution is 0.144. The van der Waals surface area contributed by atoms with Crippen LogP contribution < -0.4 is 0 Å². The van der Waals surface area contributed by atoms with Crippen molar-refractivity contribution >= 4 is 0 Å². The second-order valence-corrected chi connectivity index (χ2v) is 8.97. The van der Waals surface area contributed by atoms with E-state index in [9.17, 15) is 0 Å². The molecule has 162 valence electrons. The first-order chi connectivity index (χ1) is 15.8. The Bertz CT molecular complexity index is 1180. The highest BCUT2D eigenvalue weighted by Crippen LogP contribution is 2.64. The highest BCUT2D eigenvalue weighted by Gasteiger charge is 2.58. The Morgan fingerprint density at radius 1 is 0.938 bits per heavy atom. The van der Waals surface area contributed by atoms with Crippen molar-refractivity contribution in [2.75, 3.05) is 13.1 Å². The average Bonchev–Trinajstić information content (AvgIpc) is 3.17. The number of piperidine rings is 1. The summed E-state index contributed by atoms with van der Waals surface area (Å²) in [6.45, 7) is 2.75. The zero-order valence-corrected chi connectivity index (χ0v) is 17.9. The summed E-state index contributed by atoms with van der Waals surface area (Å²) < 4.78 is 11.5. The van der Waals surface area contributed by atoms with Gasteiger partial charge in [0.1, 0.15) is 0 Å². The molecule has 1 saturated carbocycles. The minimum absolute atomic E-state index is 0.310. The smallest absolute Gasteiger partial charge is 0.247 e. The normalized spacial score (nSPS) is 19.9. The van der Waals surface area contributed by atoms with Crippen molar-refractivity contribution in [3.8, 4) is 11.5 Å². The van der Waals surface area contributed by atoms with E-state index in [0.29, 0.717) is 36.1 Å². The van der Waals surface area contributed by atoms with E-state index in [0.717, 1.165) is 49.6 Å². The number of nitrogens with zero attached hydrogens (tertiary/aromatic N) is 5. The van der Waals surface area contributed by atoms with Crippen molar-refractivity contribution in [1.29, 1.82) is 0 Å². The Labute approximate surface area is 186 Å². The number of aromatic nitrogens is 4. The molecule has 1 aliphatic heterocycles. The van der Waals surface area contributed by atoms with Gasteiger partial charge in [-0.15, -0.1) is 10.2 Å². The fraction of sp³-hybridized carbons (Fsp3) is 0.360. The van der Waals surface area contributed by atoms with Gasteiger partial charge in [0.2, 0.25) is 17.7 Å². The lowest BCUT2D eigenvalue weighted by Crippen LogP contribution is -2.34. The van der Waals surface area contributed by atoms with E-state index in [1.54, 1.807) is 0 Å². The Kier molecular flexibility index (Phi) is 4.83. The summed E-state index contributed by atoms with van der Waals surface area (Å²) in [7, 11) is 0. The summed E-state index contributed by atoms with van der Waals surface area (Å²) in [6.07, 6.45) is 4.10. The molecule has 0 N–H and O–H groups in total. The van der Waals surface area contributed by atoms with E-state index < -0.39 is 0 Å². The molecule has 4 aromatic rings. The van der Waals surface area contributed by atoms with Crippen LogP contribution in [0.5, 0.6) is 0 Å². The van der Waals surface area contributed by atoms with Crippen molar-refractivity contribution in [2.45, 2.75) is 38.1 Å². The van der Waals surface area contributed by atoms with Crippen LogP contribution >= 0.6 is 0 Å². The molecule has 6 rings (SSSR count). The largest absolute Gasteiger partial charge is 0.420 e. The highest BCUT2D eigenvalue weighted by atomic mass is 16.5. The van der Waals surface area contributed by atoms with Gasteiger partial charge in [0.15, 0.2) is 5.82 Å².